The van der Waals surface area contributed by atoms with E-state index in [2.05, 4.69) is 25.9 Å². The van der Waals surface area contributed by atoms with E-state index in [1.54, 1.807) is 0 Å². The molecule has 1 aliphatic rings. The number of nitrogens with zero attached hydrogens (tertiary/aromatic N) is 5. The third-order valence-electron chi connectivity index (χ3n) is 6.23. The van der Waals surface area contributed by atoms with E-state index in [9.17, 15) is 9.59 Å². The van der Waals surface area contributed by atoms with Crippen molar-refractivity contribution in [2.24, 2.45) is 7.05 Å². The molecule has 194 valence electrons. The zero-order valence-electron chi connectivity index (χ0n) is 20.3. The Labute approximate surface area is 231 Å². The number of carbonyl (C=O) groups excluding carboxylic acids is 2. The molecule has 3 heterocycles. The van der Waals surface area contributed by atoms with E-state index in [-0.39, 0.29) is 58.9 Å². The van der Waals surface area contributed by atoms with Crippen molar-refractivity contribution in [3.05, 3.63) is 40.4 Å². The van der Waals surface area contributed by atoms with Crippen LogP contribution in [0.2, 0.25) is 5.15 Å². The van der Waals surface area contributed by atoms with Crippen LogP contribution in [0.15, 0.2) is 18.2 Å². The van der Waals surface area contributed by atoms with E-state index >= 15 is 0 Å². The topological polar surface area (TPSA) is 145 Å². The molecule has 1 aliphatic heterocycles. The second-order valence-electron chi connectivity index (χ2n) is 8.35. The van der Waals surface area contributed by atoms with Crippen LogP contribution in [0.25, 0.3) is 11.0 Å². The van der Waals surface area contributed by atoms with Crippen molar-refractivity contribution < 1.29 is 42.9 Å². The number of anilines is 2. The number of rotatable bonds is 7. The Kier molecular flexibility index (Phi) is 9.30. The van der Waals surface area contributed by atoms with Gasteiger partial charge in [-0.3, -0.25) is 9.59 Å². The Hall–Kier alpha value is -2.71. The lowest BCUT2D eigenvalue weighted by Crippen LogP contribution is -3.00. The molecular formula is C23H30ClIN8O3. The summed E-state index contributed by atoms with van der Waals surface area (Å²) in [6.45, 7) is 5.50. The Morgan fingerprint density at radius 3 is 2.61 bits per heavy atom. The molecule has 0 radical (unpaired) electrons. The maximum atomic E-state index is 12.7. The zero-order valence-corrected chi connectivity index (χ0v) is 23.2. The first-order valence-electron chi connectivity index (χ1n) is 11.5. The molecule has 0 saturated carbocycles. The number of benzene rings is 1. The molecule has 0 aliphatic carbocycles. The molecule has 5 N–H and O–H groups in total. The summed E-state index contributed by atoms with van der Waals surface area (Å²) in [5.74, 6) is 0.442. The van der Waals surface area contributed by atoms with Crippen LogP contribution in [-0.2, 0) is 36.1 Å². The van der Waals surface area contributed by atoms with Crippen LogP contribution in [0.3, 0.4) is 0 Å². The van der Waals surface area contributed by atoms with Crippen molar-refractivity contribution in [2.45, 2.75) is 32.9 Å². The predicted octanol–water partition coefficient (Wildman–Crippen LogP) is -2.18. The van der Waals surface area contributed by atoms with Crippen molar-refractivity contribution in [3.8, 4) is 0 Å². The fraction of sp³-hybridized carbons (Fsp3) is 0.435. The Morgan fingerprint density at radius 2 is 1.92 bits per heavy atom. The number of aryl methyl sites for hydroxylation is 3. The Morgan fingerprint density at radius 1 is 1.19 bits per heavy atom. The van der Waals surface area contributed by atoms with Gasteiger partial charge in [0.25, 0.3) is 11.7 Å². The number of morpholine rings is 1. The van der Waals surface area contributed by atoms with Gasteiger partial charge in [0.05, 0.1) is 26.8 Å². The van der Waals surface area contributed by atoms with Crippen molar-refractivity contribution in [2.75, 3.05) is 37.8 Å². The number of nitrogen functional groups attached to an aromatic ring is 2. The quantitative estimate of drug-likeness (QED) is 0.199. The number of hydrogen-bond acceptors (Lipinski definition) is 7. The first kappa shape index (κ1) is 27.9. The van der Waals surface area contributed by atoms with Crippen LogP contribution in [-0.4, -0.2) is 57.6 Å². The zero-order chi connectivity index (χ0) is 25.1. The summed E-state index contributed by atoms with van der Waals surface area (Å²) in [5.41, 5.74) is 14.5. The summed E-state index contributed by atoms with van der Waals surface area (Å²) < 4.78 is 9.49. The number of carbonyl (C=O) groups is 2. The van der Waals surface area contributed by atoms with Gasteiger partial charge in [-0.25, -0.2) is 19.1 Å². The predicted molar refractivity (Wildman–Crippen MR) is 132 cm³/mol. The van der Waals surface area contributed by atoms with Crippen LogP contribution in [0.1, 0.15) is 35.2 Å². The summed E-state index contributed by atoms with van der Waals surface area (Å²) >= 11 is 5.91. The fourth-order valence-electron chi connectivity index (χ4n) is 4.32. The van der Waals surface area contributed by atoms with Crippen LogP contribution in [0, 0.1) is 0 Å². The smallest absolute Gasteiger partial charge is 0.276 e. The van der Waals surface area contributed by atoms with Gasteiger partial charge in [-0.1, -0.05) is 17.7 Å². The number of ether oxygens (including phenoxy) is 1. The molecule has 36 heavy (non-hydrogen) atoms. The van der Waals surface area contributed by atoms with E-state index in [4.69, 9.17) is 27.8 Å². The van der Waals surface area contributed by atoms with E-state index in [0.717, 1.165) is 22.4 Å². The molecule has 2 amide bonds. The van der Waals surface area contributed by atoms with Gasteiger partial charge in [-0.2, -0.15) is 0 Å². The molecule has 0 bridgehead atoms. The monoisotopic (exact) mass is 628 g/mol. The lowest BCUT2D eigenvalue weighted by Gasteiger charge is -2.26. The highest BCUT2D eigenvalue weighted by Crippen LogP contribution is 2.20. The van der Waals surface area contributed by atoms with Crippen LogP contribution in [0.4, 0.5) is 11.6 Å². The molecule has 1 aromatic carbocycles. The van der Waals surface area contributed by atoms with Gasteiger partial charge in [0.15, 0.2) is 33.5 Å². The second kappa shape index (κ2) is 12.0. The SMILES string of the molecule is CCn1c(CNC(=O)c2nc(Cl)c(N)nc2N)[n+](C)c2ccc(CCC(=O)N3CCOCC3)cc21.[I-]. The number of halogens is 2. The minimum Gasteiger partial charge on any atom is -1.00 e. The van der Waals surface area contributed by atoms with Gasteiger partial charge in [0, 0.05) is 19.5 Å². The minimum absolute atomic E-state index is 0. The van der Waals surface area contributed by atoms with Crippen molar-refractivity contribution in [1.82, 2.24) is 24.8 Å². The molecule has 1 fully saturated rings. The van der Waals surface area contributed by atoms with Crippen molar-refractivity contribution in [3.63, 3.8) is 0 Å². The van der Waals surface area contributed by atoms with E-state index in [0.29, 0.717) is 45.7 Å². The summed E-state index contributed by atoms with van der Waals surface area (Å²) in [7, 11) is 1.95. The summed E-state index contributed by atoms with van der Waals surface area (Å²) in [5, 5.41) is 2.78. The molecule has 3 aromatic rings. The van der Waals surface area contributed by atoms with Crippen LogP contribution >= 0.6 is 11.6 Å². The Balaban J connectivity index is 0.00000361. The molecule has 2 aromatic heterocycles. The maximum Gasteiger partial charge on any atom is 0.276 e. The van der Waals surface area contributed by atoms with E-state index in [1.165, 1.54) is 0 Å². The van der Waals surface area contributed by atoms with Gasteiger partial charge < -0.3 is 50.4 Å². The number of imidazole rings is 1. The average molecular weight is 629 g/mol. The summed E-state index contributed by atoms with van der Waals surface area (Å²) in [6.07, 6.45) is 1.12. The minimum atomic E-state index is -0.493. The normalized spacial score (nSPS) is 13.5. The first-order chi connectivity index (χ1) is 16.8. The molecule has 13 heteroatoms. The van der Waals surface area contributed by atoms with Gasteiger partial charge in [-0.05, 0) is 31.0 Å². The number of nitrogens with two attached hydrogens (primary N) is 2. The number of amides is 2. The standard InChI is InChI=1S/C23H29ClN8O3.HI/c1-3-32-16-12-14(5-7-18(33)31-8-10-35-11-9-31)4-6-15(16)30(2)17(32)13-27-23(34)19-21(25)29-22(26)20(24)28-19;/h4,6,12H,3,5,7-11,13H2,1-2H3,(H4-,25,26,27,29,34);1H. The van der Waals surface area contributed by atoms with Gasteiger partial charge in [-0.15, -0.1) is 0 Å². The highest BCUT2D eigenvalue weighted by Gasteiger charge is 2.24. The molecule has 0 spiro atoms. The highest BCUT2D eigenvalue weighted by molar-refractivity contribution is 6.31. The lowest BCUT2D eigenvalue weighted by atomic mass is 10.1. The summed E-state index contributed by atoms with van der Waals surface area (Å²) in [6, 6.07) is 6.20. The molecule has 11 nitrogen and oxygen atoms in total. The molecule has 0 atom stereocenters. The molecule has 4 rings (SSSR count). The lowest BCUT2D eigenvalue weighted by molar-refractivity contribution is -0.654. The van der Waals surface area contributed by atoms with Crippen molar-refractivity contribution in [1.29, 1.82) is 0 Å². The molecule has 1 saturated heterocycles. The largest absolute Gasteiger partial charge is 1.00 e. The number of aromatic nitrogens is 4. The van der Waals surface area contributed by atoms with Gasteiger partial charge in [0.2, 0.25) is 5.91 Å². The third kappa shape index (κ3) is 5.81. The maximum absolute atomic E-state index is 12.7. The fourth-order valence-corrected chi connectivity index (χ4v) is 4.45. The highest BCUT2D eigenvalue weighted by atomic mass is 127. The third-order valence-corrected chi connectivity index (χ3v) is 6.50. The first-order valence-corrected chi connectivity index (χ1v) is 11.9. The number of hydrogen-bond donors (Lipinski definition) is 3. The van der Waals surface area contributed by atoms with Crippen LogP contribution < -0.4 is 45.3 Å². The average Bonchev–Trinajstić information content (AvgIpc) is 3.13. The van der Waals surface area contributed by atoms with Gasteiger partial charge in [0.1, 0.15) is 6.54 Å². The molecule has 0 unspecified atom stereocenters. The number of fused-ring (bicyclic) bond motifs is 1. The summed E-state index contributed by atoms with van der Waals surface area (Å²) in [4.78, 5) is 34.9. The van der Waals surface area contributed by atoms with Crippen molar-refractivity contribution >= 4 is 46.1 Å². The van der Waals surface area contributed by atoms with Crippen LogP contribution in [0.5, 0.6) is 0 Å². The molecular weight excluding hydrogens is 599 g/mol. The van der Waals surface area contributed by atoms with E-state index in [1.807, 2.05) is 35.6 Å². The Bertz CT molecular complexity index is 1280. The van der Waals surface area contributed by atoms with E-state index < -0.39 is 5.91 Å². The number of nitrogens with one attached hydrogen (secondary N) is 1. The second-order valence-corrected chi connectivity index (χ2v) is 8.71. The van der Waals surface area contributed by atoms with Gasteiger partial charge >= 0.3 is 0 Å².